The van der Waals surface area contributed by atoms with E-state index in [2.05, 4.69) is 16.8 Å². The molecule has 0 N–H and O–H groups in total. The van der Waals surface area contributed by atoms with Gasteiger partial charge in [-0.2, -0.15) is 0 Å². The van der Waals surface area contributed by atoms with E-state index in [9.17, 15) is 8.42 Å². The van der Waals surface area contributed by atoms with Gasteiger partial charge in [0.1, 0.15) is 0 Å². The fourth-order valence-corrected chi connectivity index (χ4v) is 6.10. The molecule has 1 aliphatic carbocycles. The molecular formula is C24H28N4O2S. The highest BCUT2D eigenvalue weighted by Crippen LogP contribution is 2.32. The van der Waals surface area contributed by atoms with E-state index in [1.807, 2.05) is 30.3 Å². The Bertz CT molecular complexity index is 1230. The average molecular weight is 437 g/mol. The number of aromatic nitrogens is 2. The van der Waals surface area contributed by atoms with E-state index in [0.717, 1.165) is 80.3 Å². The van der Waals surface area contributed by atoms with Gasteiger partial charge in [0.15, 0.2) is 5.03 Å². The molecule has 2 aromatic carbocycles. The third-order valence-electron chi connectivity index (χ3n) is 6.42. The Morgan fingerprint density at radius 3 is 2.52 bits per heavy atom. The number of sulfone groups is 1. The molecule has 7 heteroatoms. The van der Waals surface area contributed by atoms with Gasteiger partial charge in [-0.25, -0.2) is 18.4 Å². The largest absolute Gasteiger partial charge is 0.339 e. The van der Waals surface area contributed by atoms with Crippen molar-refractivity contribution in [2.75, 3.05) is 38.1 Å². The smallest absolute Gasteiger partial charge is 0.226 e. The Hall–Kier alpha value is -2.51. The molecule has 0 spiro atoms. The van der Waals surface area contributed by atoms with Crippen molar-refractivity contribution in [3.63, 3.8) is 0 Å². The summed E-state index contributed by atoms with van der Waals surface area (Å²) in [6.07, 6.45) is 4.58. The Morgan fingerprint density at radius 1 is 0.839 bits per heavy atom. The van der Waals surface area contributed by atoms with E-state index < -0.39 is 9.84 Å². The van der Waals surface area contributed by atoms with Gasteiger partial charge in [-0.1, -0.05) is 30.3 Å². The highest BCUT2D eigenvalue weighted by Gasteiger charge is 2.30. The van der Waals surface area contributed by atoms with Crippen molar-refractivity contribution in [1.29, 1.82) is 0 Å². The monoisotopic (exact) mass is 436 g/mol. The minimum absolute atomic E-state index is 0.208. The Morgan fingerprint density at radius 2 is 1.65 bits per heavy atom. The predicted molar refractivity (Wildman–Crippen MR) is 122 cm³/mol. The molecule has 0 saturated carbocycles. The van der Waals surface area contributed by atoms with Crippen LogP contribution in [0.5, 0.6) is 0 Å². The molecule has 5 rings (SSSR count). The summed E-state index contributed by atoms with van der Waals surface area (Å²) in [6.45, 7) is 3.61. The van der Waals surface area contributed by atoms with Crippen molar-refractivity contribution in [3.05, 3.63) is 53.7 Å². The van der Waals surface area contributed by atoms with E-state index in [1.165, 1.54) is 0 Å². The number of aryl methyl sites for hydroxylation is 1. The van der Waals surface area contributed by atoms with Crippen LogP contribution in [0, 0.1) is 0 Å². The number of hydrogen-bond donors (Lipinski definition) is 0. The third-order valence-corrected chi connectivity index (χ3v) is 8.14. The van der Waals surface area contributed by atoms with Crippen LogP contribution < -0.4 is 4.90 Å². The second kappa shape index (κ2) is 8.20. The van der Waals surface area contributed by atoms with Gasteiger partial charge in [0, 0.05) is 25.2 Å². The number of nitrogens with zero attached hydrogens (tertiary/aromatic N) is 4. The highest BCUT2D eigenvalue weighted by atomic mass is 32.2. The summed E-state index contributed by atoms with van der Waals surface area (Å²) in [5, 5.41) is 2.16. The Balaban J connectivity index is 1.62. The van der Waals surface area contributed by atoms with Crippen molar-refractivity contribution in [3.8, 4) is 0 Å². The summed E-state index contributed by atoms with van der Waals surface area (Å²) < 4.78 is 27.6. The molecule has 0 radical (unpaired) electrons. The molecule has 2 heterocycles. The maximum absolute atomic E-state index is 13.8. The van der Waals surface area contributed by atoms with Gasteiger partial charge in [-0.15, -0.1) is 0 Å². The number of rotatable bonds is 3. The summed E-state index contributed by atoms with van der Waals surface area (Å²) >= 11 is 0. The minimum atomic E-state index is -3.74. The van der Waals surface area contributed by atoms with Gasteiger partial charge in [0.25, 0.3) is 0 Å². The zero-order valence-corrected chi connectivity index (χ0v) is 18.7. The fraction of sp³-hybridized carbons (Fsp3) is 0.417. The van der Waals surface area contributed by atoms with Crippen LogP contribution in [0.2, 0.25) is 0 Å². The van der Waals surface area contributed by atoms with Crippen LogP contribution in [0.1, 0.15) is 30.5 Å². The first-order valence-electron chi connectivity index (χ1n) is 11.1. The molecule has 1 aromatic heterocycles. The van der Waals surface area contributed by atoms with E-state index in [0.29, 0.717) is 10.8 Å². The number of benzene rings is 2. The van der Waals surface area contributed by atoms with E-state index in [4.69, 9.17) is 9.97 Å². The van der Waals surface area contributed by atoms with Crippen LogP contribution >= 0.6 is 0 Å². The number of anilines is 1. The standard InChI is InChI=1S/C24H28N4O2S/c1-27-13-6-14-28(16-15-27)24-25-22-10-5-4-9-21(22)23(26-24)31(29,30)20-12-11-18-7-2-3-8-19(18)17-20/h2-3,7-8,11-12,17H,4-6,9-10,13-16H2,1H3. The third kappa shape index (κ3) is 3.92. The van der Waals surface area contributed by atoms with Gasteiger partial charge in [-0.3, -0.25) is 0 Å². The van der Waals surface area contributed by atoms with Crippen molar-refractivity contribution in [2.24, 2.45) is 0 Å². The van der Waals surface area contributed by atoms with Crippen molar-refractivity contribution in [2.45, 2.75) is 42.0 Å². The molecule has 0 atom stereocenters. The molecule has 162 valence electrons. The first-order chi connectivity index (χ1) is 15.0. The molecule has 31 heavy (non-hydrogen) atoms. The number of likely N-dealkylation sites (N-methyl/N-ethyl adjacent to an activating group) is 1. The van der Waals surface area contributed by atoms with Crippen LogP contribution in [-0.4, -0.2) is 56.5 Å². The highest BCUT2D eigenvalue weighted by molar-refractivity contribution is 7.91. The van der Waals surface area contributed by atoms with Crippen molar-refractivity contribution in [1.82, 2.24) is 14.9 Å². The van der Waals surface area contributed by atoms with Crippen LogP contribution in [0.4, 0.5) is 5.95 Å². The maximum atomic E-state index is 13.8. The van der Waals surface area contributed by atoms with Crippen molar-refractivity contribution < 1.29 is 8.42 Å². The fourth-order valence-electron chi connectivity index (χ4n) is 4.60. The molecular weight excluding hydrogens is 408 g/mol. The summed E-state index contributed by atoms with van der Waals surface area (Å²) in [7, 11) is -1.62. The van der Waals surface area contributed by atoms with E-state index in [-0.39, 0.29) is 5.03 Å². The minimum Gasteiger partial charge on any atom is -0.339 e. The topological polar surface area (TPSA) is 66.4 Å². The van der Waals surface area contributed by atoms with Gasteiger partial charge in [0.2, 0.25) is 15.8 Å². The molecule has 6 nitrogen and oxygen atoms in total. The summed E-state index contributed by atoms with van der Waals surface area (Å²) in [5.41, 5.74) is 1.73. The quantitative estimate of drug-likeness (QED) is 0.586. The van der Waals surface area contributed by atoms with Crippen LogP contribution in [0.25, 0.3) is 10.8 Å². The summed E-state index contributed by atoms with van der Waals surface area (Å²) in [6, 6.07) is 13.2. The van der Waals surface area contributed by atoms with Crippen LogP contribution in [0.15, 0.2) is 52.4 Å². The SMILES string of the molecule is CN1CCCN(c2nc3c(c(S(=O)(=O)c4ccc5ccccc5c4)n2)CCCC3)CC1. The molecule has 1 aliphatic heterocycles. The normalized spacial score (nSPS) is 18.0. The predicted octanol–water partition coefficient (Wildman–Crippen LogP) is 3.48. The lowest BCUT2D eigenvalue weighted by Gasteiger charge is -2.25. The zero-order valence-electron chi connectivity index (χ0n) is 17.9. The molecule has 2 aliphatic rings. The lowest BCUT2D eigenvalue weighted by molar-refractivity contribution is 0.360. The van der Waals surface area contributed by atoms with Gasteiger partial charge in [0.05, 0.1) is 10.6 Å². The Labute approximate surface area is 183 Å². The second-order valence-corrected chi connectivity index (χ2v) is 10.5. The van der Waals surface area contributed by atoms with Gasteiger partial charge in [-0.05, 0) is 68.6 Å². The lowest BCUT2D eigenvalue weighted by atomic mass is 9.97. The van der Waals surface area contributed by atoms with Crippen LogP contribution in [0.3, 0.4) is 0 Å². The molecule has 1 saturated heterocycles. The molecule has 0 amide bonds. The number of fused-ring (bicyclic) bond motifs is 2. The number of hydrogen-bond acceptors (Lipinski definition) is 6. The first kappa shape index (κ1) is 20.4. The first-order valence-corrected chi connectivity index (χ1v) is 12.6. The average Bonchev–Trinajstić information content (AvgIpc) is 3.02. The van der Waals surface area contributed by atoms with E-state index in [1.54, 1.807) is 12.1 Å². The van der Waals surface area contributed by atoms with Gasteiger partial charge < -0.3 is 9.80 Å². The zero-order chi connectivity index (χ0) is 21.4. The van der Waals surface area contributed by atoms with E-state index >= 15 is 0 Å². The lowest BCUT2D eigenvalue weighted by Crippen LogP contribution is -2.31. The summed E-state index contributed by atoms with van der Waals surface area (Å²) in [4.78, 5) is 14.3. The summed E-state index contributed by atoms with van der Waals surface area (Å²) in [5.74, 6) is 0.565. The van der Waals surface area contributed by atoms with Crippen molar-refractivity contribution >= 4 is 26.6 Å². The maximum Gasteiger partial charge on any atom is 0.226 e. The second-order valence-electron chi connectivity index (χ2n) is 8.62. The molecule has 0 unspecified atom stereocenters. The molecule has 1 fully saturated rings. The molecule has 3 aromatic rings. The van der Waals surface area contributed by atoms with Gasteiger partial charge >= 0.3 is 0 Å². The molecule has 0 bridgehead atoms. The van der Waals surface area contributed by atoms with Crippen LogP contribution in [-0.2, 0) is 22.7 Å². The Kier molecular flexibility index (Phi) is 5.40.